The van der Waals surface area contributed by atoms with Crippen LogP contribution in [0, 0.1) is 6.92 Å². The van der Waals surface area contributed by atoms with E-state index in [-0.39, 0.29) is 18.2 Å². The zero-order valence-electron chi connectivity index (χ0n) is 16.0. The van der Waals surface area contributed by atoms with Gasteiger partial charge in [0.15, 0.2) is 11.5 Å². The Morgan fingerprint density at radius 1 is 1.07 bits per heavy atom. The molecule has 27 heavy (non-hydrogen) atoms. The van der Waals surface area contributed by atoms with Crippen LogP contribution in [0.3, 0.4) is 0 Å². The van der Waals surface area contributed by atoms with Gasteiger partial charge in [0.1, 0.15) is 0 Å². The van der Waals surface area contributed by atoms with Crippen molar-refractivity contribution >= 4 is 23.2 Å². The number of hydrogen-bond acceptors (Lipinski definition) is 5. The zero-order valence-corrected chi connectivity index (χ0v) is 16.8. The second-order valence-corrected chi connectivity index (χ2v) is 7.04. The molecule has 2 amide bonds. The van der Waals surface area contributed by atoms with Crippen molar-refractivity contribution in [3.8, 4) is 11.5 Å². The molecule has 1 aromatic carbocycles. The number of hydrogen-bond donors (Lipinski definition) is 2. The first-order chi connectivity index (χ1) is 13.0. The van der Waals surface area contributed by atoms with Crippen LogP contribution in [0.2, 0.25) is 0 Å². The van der Waals surface area contributed by atoms with Crippen LogP contribution in [0.25, 0.3) is 0 Å². The average Bonchev–Trinajstić information content (AvgIpc) is 3.05. The van der Waals surface area contributed by atoms with Crippen molar-refractivity contribution in [3.63, 3.8) is 0 Å². The monoisotopic (exact) mass is 390 g/mol. The van der Waals surface area contributed by atoms with Crippen LogP contribution in [0.4, 0.5) is 0 Å². The SMILES string of the molecule is CCOc1ccccc1OCCCC(=O)NNC(=O)c1cc(C)c(CC)s1. The Balaban J connectivity index is 1.70. The van der Waals surface area contributed by atoms with Gasteiger partial charge < -0.3 is 9.47 Å². The lowest BCUT2D eigenvalue weighted by atomic mass is 10.2. The normalized spacial score (nSPS) is 10.3. The first-order valence-corrected chi connectivity index (χ1v) is 9.89. The molecule has 0 aliphatic rings. The number of amides is 2. The van der Waals surface area contributed by atoms with Gasteiger partial charge in [0.05, 0.1) is 18.1 Å². The first kappa shape index (κ1) is 20.8. The molecule has 0 atom stereocenters. The van der Waals surface area contributed by atoms with Crippen LogP contribution in [-0.4, -0.2) is 25.0 Å². The summed E-state index contributed by atoms with van der Waals surface area (Å²) in [5.74, 6) is 0.800. The Hall–Kier alpha value is -2.54. The average molecular weight is 391 g/mol. The lowest BCUT2D eigenvalue weighted by Crippen LogP contribution is -2.41. The third kappa shape index (κ3) is 6.29. The van der Waals surface area contributed by atoms with E-state index in [1.165, 1.54) is 16.2 Å². The maximum Gasteiger partial charge on any atom is 0.279 e. The fourth-order valence-corrected chi connectivity index (χ4v) is 3.50. The summed E-state index contributed by atoms with van der Waals surface area (Å²) < 4.78 is 11.2. The number of rotatable bonds is 9. The molecule has 0 fully saturated rings. The van der Waals surface area contributed by atoms with Crippen molar-refractivity contribution in [2.45, 2.75) is 40.0 Å². The highest BCUT2D eigenvalue weighted by Crippen LogP contribution is 2.26. The molecule has 6 nitrogen and oxygen atoms in total. The number of nitrogens with one attached hydrogen (secondary N) is 2. The van der Waals surface area contributed by atoms with Crippen LogP contribution in [-0.2, 0) is 11.2 Å². The molecule has 2 N–H and O–H groups in total. The Kier molecular flexibility index (Phi) is 8.13. The van der Waals surface area contributed by atoms with Gasteiger partial charge in [-0.05, 0) is 50.5 Å². The molecular weight excluding hydrogens is 364 g/mol. The lowest BCUT2D eigenvalue weighted by Gasteiger charge is -2.11. The molecule has 0 saturated carbocycles. The molecule has 0 bridgehead atoms. The van der Waals surface area contributed by atoms with Gasteiger partial charge >= 0.3 is 0 Å². The van der Waals surface area contributed by atoms with Crippen molar-refractivity contribution < 1.29 is 19.1 Å². The van der Waals surface area contributed by atoms with Crippen LogP contribution in [0.15, 0.2) is 30.3 Å². The summed E-state index contributed by atoms with van der Waals surface area (Å²) in [6, 6.07) is 9.27. The van der Waals surface area contributed by atoms with E-state index in [1.54, 1.807) is 0 Å². The summed E-state index contributed by atoms with van der Waals surface area (Å²) in [4.78, 5) is 25.8. The molecule has 1 heterocycles. The van der Waals surface area contributed by atoms with E-state index in [1.807, 2.05) is 44.2 Å². The number of carbonyl (C=O) groups is 2. The third-order valence-corrected chi connectivity index (χ3v) is 5.22. The number of ether oxygens (including phenoxy) is 2. The molecule has 0 radical (unpaired) electrons. The van der Waals surface area contributed by atoms with Gasteiger partial charge in [-0.2, -0.15) is 0 Å². The summed E-state index contributed by atoms with van der Waals surface area (Å²) in [5, 5.41) is 0. The first-order valence-electron chi connectivity index (χ1n) is 9.08. The molecule has 7 heteroatoms. The van der Waals surface area contributed by atoms with Crippen molar-refractivity contribution in [1.82, 2.24) is 10.9 Å². The highest BCUT2D eigenvalue weighted by molar-refractivity contribution is 7.14. The summed E-state index contributed by atoms with van der Waals surface area (Å²) in [6.45, 7) is 6.89. The van der Waals surface area contributed by atoms with Crippen molar-refractivity contribution in [3.05, 3.63) is 45.6 Å². The summed E-state index contributed by atoms with van der Waals surface area (Å²) in [6.07, 6.45) is 1.67. The van der Waals surface area contributed by atoms with Crippen LogP contribution < -0.4 is 20.3 Å². The Labute approximate surface area is 163 Å². The number of benzene rings is 1. The minimum atomic E-state index is -0.293. The number of para-hydroxylation sites is 2. The quantitative estimate of drug-likeness (QED) is 0.506. The van der Waals surface area contributed by atoms with Crippen molar-refractivity contribution in [2.75, 3.05) is 13.2 Å². The Bertz CT molecular complexity index is 773. The molecule has 2 rings (SSSR count). The van der Waals surface area contributed by atoms with Crippen LogP contribution in [0.5, 0.6) is 11.5 Å². The summed E-state index contributed by atoms with van der Waals surface area (Å²) in [7, 11) is 0. The van der Waals surface area contributed by atoms with Crippen molar-refractivity contribution in [1.29, 1.82) is 0 Å². The predicted molar refractivity (Wildman–Crippen MR) is 106 cm³/mol. The molecular formula is C20H26N2O4S. The molecule has 146 valence electrons. The van der Waals surface area contributed by atoms with Crippen LogP contribution >= 0.6 is 11.3 Å². The molecule has 0 saturated heterocycles. The lowest BCUT2D eigenvalue weighted by molar-refractivity contribution is -0.122. The van der Waals surface area contributed by atoms with Gasteiger partial charge in [0.2, 0.25) is 5.91 Å². The molecule has 2 aromatic rings. The van der Waals surface area contributed by atoms with Gasteiger partial charge in [0.25, 0.3) is 5.91 Å². The van der Waals surface area contributed by atoms with E-state index >= 15 is 0 Å². The molecule has 0 unspecified atom stereocenters. The Morgan fingerprint density at radius 2 is 1.78 bits per heavy atom. The third-order valence-electron chi connectivity index (χ3n) is 3.84. The number of hydrazine groups is 1. The van der Waals surface area contributed by atoms with Gasteiger partial charge in [0, 0.05) is 11.3 Å². The maximum atomic E-state index is 12.1. The highest BCUT2D eigenvalue weighted by Gasteiger charge is 2.12. The summed E-state index contributed by atoms with van der Waals surface area (Å²) >= 11 is 1.45. The van der Waals surface area contributed by atoms with E-state index in [2.05, 4.69) is 17.8 Å². The summed E-state index contributed by atoms with van der Waals surface area (Å²) in [5.41, 5.74) is 6.01. The smallest absolute Gasteiger partial charge is 0.279 e. The van der Waals surface area contributed by atoms with Gasteiger partial charge in [-0.15, -0.1) is 11.3 Å². The highest BCUT2D eigenvalue weighted by atomic mass is 32.1. The van der Waals surface area contributed by atoms with E-state index in [4.69, 9.17) is 9.47 Å². The van der Waals surface area contributed by atoms with Gasteiger partial charge in [-0.3, -0.25) is 20.4 Å². The second kappa shape index (κ2) is 10.6. The number of carbonyl (C=O) groups excluding carboxylic acids is 2. The number of thiophene rings is 1. The van der Waals surface area contributed by atoms with E-state index in [0.29, 0.717) is 36.0 Å². The predicted octanol–water partition coefficient (Wildman–Crippen LogP) is 3.64. The van der Waals surface area contributed by atoms with E-state index in [9.17, 15) is 9.59 Å². The minimum absolute atomic E-state index is 0.251. The fourth-order valence-electron chi connectivity index (χ4n) is 2.49. The van der Waals surface area contributed by atoms with Crippen LogP contribution in [0.1, 0.15) is 46.8 Å². The van der Waals surface area contributed by atoms with E-state index in [0.717, 1.165) is 12.0 Å². The van der Waals surface area contributed by atoms with Crippen molar-refractivity contribution in [2.24, 2.45) is 0 Å². The van der Waals surface area contributed by atoms with Gasteiger partial charge in [-0.25, -0.2) is 0 Å². The second-order valence-electron chi connectivity index (χ2n) is 5.90. The molecule has 1 aromatic heterocycles. The molecule has 0 aliphatic heterocycles. The standard InChI is InChI=1S/C20H26N2O4S/c1-4-17-14(3)13-18(27-17)20(24)22-21-19(23)11-8-12-26-16-10-7-6-9-15(16)25-5-2/h6-7,9-10,13H,4-5,8,11-12H2,1-3H3,(H,21,23)(H,22,24). The maximum absolute atomic E-state index is 12.1. The topological polar surface area (TPSA) is 76.7 Å². The minimum Gasteiger partial charge on any atom is -0.490 e. The van der Waals surface area contributed by atoms with E-state index < -0.39 is 0 Å². The fraction of sp³-hybridized carbons (Fsp3) is 0.400. The molecule has 0 spiro atoms. The Morgan fingerprint density at radius 3 is 2.41 bits per heavy atom. The number of aryl methyl sites for hydroxylation is 2. The zero-order chi connectivity index (χ0) is 19.6. The molecule has 0 aliphatic carbocycles. The van der Waals surface area contributed by atoms with Gasteiger partial charge in [-0.1, -0.05) is 19.1 Å². The largest absolute Gasteiger partial charge is 0.490 e.